The Balaban J connectivity index is 2.06. The Kier molecular flexibility index (Phi) is 3.98. The number of nitrogens with one attached hydrogen (secondary N) is 1. The van der Waals surface area contributed by atoms with Crippen LogP contribution in [-0.4, -0.2) is 49.3 Å². The molecule has 1 fully saturated rings. The molecule has 1 aliphatic rings. The summed E-state index contributed by atoms with van der Waals surface area (Å²) in [6.45, 7) is 2.03. The van der Waals surface area contributed by atoms with Crippen LogP contribution in [0.25, 0.3) is 0 Å². The number of hydrogen-bond acceptors (Lipinski definition) is 3. The molecule has 0 heterocycles. The normalized spacial score (nSPS) is 30.0. The number of nitrogens with zero attached hydrogens (tertiary/aromatic N) is 1. The molecule has 0 aliphatic heterocycles. The summed E-state index contributed by atoms with van der Waals surface area (Å²) >= 11 is 0. The van der Waals surface area contributed by atoms with E-state index in [4.69, 9.17) is 0 Å². The van der Waals surface area contributed by atoms with E-state index in [0.717, 1.165) is 25.9 Å². The minimum atomic E-state index is -0.104. The van der Waals surface area contributed by atoms with Crippen LogP contribution in [0.15, 0.2) is 0 Å². The Morgan fingerprint density at radius 2 is 2.17 bits per heavy atom. The third kappa shape index (κ3) is 3.09. The molecule has 0 unspecified atom stereocenters. The maximum Gasteiger partial charge on any atom is 0.0693 e. The first-order valence-corrected chi connectivity index (χ1v) is 4.76. The van der Waals surface area contributed by atoms with Gasteiger partial charge in [0.25, 0.3) is 0 Å². The van der Waals surface area contributed by atoms with E-state index in [9.17, 15) is 5.11 Å². The van der Waals surface area contributed by atoms with E-state index in [-0.39, 0.29) is 6.10 Å². The zero-order valence-corrected chi connectivity index (χ0v) is 8.08. The molecule has 0 aromatic heterocycles. The second-order valence-electron chi connectivity index (χ2n) is 3.86. The lowest BCUT2D eigenvalue weighted by Crippen LogP contribution is -2.39. The lowest BCUT2D eigenvalue weighted by molar-refractivity contribution is 0.148. The summed E-state index contributed by atoms with van der Waals surface area (Å²) in [4.78, 5) is 2.15. The summed E-state index contributed by atoms with van der Waals surface area (Å²) < 4.78 is 0. The first-order chi connectivity index (χ1) is 5.70. The predicted molar refractivity (Wildman–Crippen MR) is 50.2 cm³/mol. The van der Waals surface area contributed by atoms with Crippen LogP contribution in [0.5, 0.6) is 0 Å². The first-order valence-electron chi connectivity index (χ1n) is 4.76. The number of aliphatic hydroxyl groups is 1. The lowest BCUT2D eigenvalue weighted by Gasteiger charge is -2.17. The molecule has 0 saturated heterocycles. The topological polar surface area (TPSA) is 35.5 Å². The van der Waals surface area contributed by atoms with E-state index in [0.29, 0.717) is 6.04 Å². The summed E-state index contributed by atoms with van der Waals surface area (Å²) in [7, 11) is 4.12. The fourth-order valence-electron chi connectivity index (χ4n) is 1.65. The van der Waals surface area contributed by atoms with E-state index in [1.54, 1.807) is 0 Å². The molecule has 12 heavy (non-hydrogen) atoms. The Labute approximate surface area is 74.8 Å². The van der Waals surface area contributed by atoms with Crippen molar-refractivity contribution in [2.75, 3.05) is 27.2 Å². The van der Waals surface area contributed by atoms with Gasteiger partial charge >= 0.3 is 0 Å². The Hall–Kier alpha value is -0.120. The van der Waals surface area contributed by atoms with Crippen molar-refractivity contribution >= 4 is 0 Å². The first kappa shape index (κ1) is 9.96. The van der Waals surface area contributed by atoms with E-state index in [1.165, 1.54) is 6.42 Å². The monoisotopic (exact) mass is 172 g/mol. The molecule has 0 radical (unpaired) electrons. The van der Waals surface area contributed by atoms with Crippen LogP contribution in [-0.2, 0) is 0 Å². The molecule has 0 aromatic rings. The van der Waals surface area contributed by atoms with Crippen molar-refractivity contribution in [3.63, 3.8) is 0 Å². The second-order valence-corrected chi connectivity index (χ2v) is 3.86. The number of rotatable bonds is 4. The summed E-state index contributed by atoms with van der Waals surface area (Å²) in [5.74, 6) is 0. The molecule has 2 N–H and O–H groups in total. The standard InChI is InChI=1S/C9H20N2O/c1-11(2)7-6-10-8-4-3-5-9(8)12/h8-10,12H,3-7H2,1-2H3/t8-,9-/m1/s1. The summed E-state index contributed by atoms with van der Waals surface area (Å²) in [6.07, 6.45) is 3.17. The van der Waals surface area contributed by atoms with Gasteiger partial charge in [-0.25, -0.2) is 0 Å². The average molecular weight is 172 g/mol. The fraction of sp³-hybridized carbons (Fsp3) is 1.00. The van der Waals surface area contributed by atoms with E-state index in [1.807, 2.05) is 0 Å². The summed E-state index contributed by atoms with van der Waals surface area (Å²) in [5, 5.41) is 12.8. The third-order valence-electron chi connectivity index (χ3n) is 2.45. The van der Waals surface area contributed by atoms with Gasteiger partial charge in [0.2, 0.25) is 0 Å². The molecule has 0 bridgehead atoms. The van der Waals surface area contributed by atoms with Crippen molar-refractivity contribution in [1.29, 1.82) is 0 Å². The minimum Gasteiger partial charge on any atom is -0.392 e. The minimum absolute atomic E-state index is 0.104. The van der Waals surface area contributed by atoms with Crippen molar-refractivity contribution in [2.24, 2.45) is 0 Å². The fourth-order valence-corrected chi connectivity index (χ4v) is 1.65. The van der Waals surface area contributed by atoms with Crippen molar-refractivity contribution in [3.05, 3.63) is 0 Å². The van der Waals surface area contributed by atoms with Crippen molar-refractivity contribution in [3.8, 4) is 0 Å². The van der Waals surface area contributed by atoms with Gasteiger partial charge in [0.1, 0.15) is 0 Å². The largest absolute Gasteiger partial charge is 0.392 e. The highest BCUT2D eigenvalue weighted by Crippen LogP contribution is 2.18. The third-order valence-corrected chi connectivity index (χ3v) is 2.45. The van der Waals surface area contributed by atoms with Gasteiger partial charge in [-0.2, -0.15) is 0 Å². The molecule has 72 valence electrons. The highest BCUT2D eigenvalue weighted by Gasteiger charge is 2.23. The van der Waals surface area contributed by atoms with E-state index < -0.39 is 0 Å². The van der Waals surface area contributed by atoms with Gasteiger partial charge in [0, 0.05) is 19.1 Å². The molecule has 2 atom stereocenters. The Bertz CT molecular complexity index is 128. The number of aliphatic hydroxyl groups excluding tert-OH is 1. The van der Waals surface area contributed by atoms with Crippen molar-refractivity contribution in [1.82, 2.24) is 10.2 Å². The highest BCUT2D eigenvalue weighted by molar-refractivity contribution is 4.82. The van der Waals surface area contributed by atoms with Crippen LogP contribution in [0, 0.1) is 0 Å². The predicted octanol–water partition coefficient (Wildman–Crippen LogP) is 0.0510. The average Bonchev–Trinajstić information content (AvgIpc) is 2.36. The lowest BCUT2D eigenvalue weighted by atomic mass is 10.2. The Morgan fingerprint density at radius 3 is 2.67 bits per heavy atom. The molecular weight excluding hydrogens is 152 g/mol. The molecular formula is C9H20N2O. The SMILES string of the molecule is CN(C)CCN[C@@H]1CCC[C@H]1O. The van der Waals surface area contributed by atoms with E-state index >= 15 is 0 Å². The maximum absolute atomic E-state index is 9.48. The number of hydrogen-bond donors (Lipinski definition) is 2. The van der Waals surface area contributed by atoms with Crippen molar-refractivity contribution in [2.45, 2.75) is 31.4 Å². The molecule has 3 heteroatoms. The molecule has 3 nitrogen and oxygen atoms in total. The smallest absolute Gasteiger partial charge is 0.0693 e. The Morgan fingerprint density at radius 1 is 1.42 bits per heavy atom. The quantitative estimate of drug-likeness (QED) is 0.629. The zero-order valence-electron chi connectivity index (χ0n) is 8.08. The molecule has 1 aliphatic carbocycles. The zero-order chi connectivity index (χ0) is 8.97. The van der Waals surface area contributed by atoms with Crippen LogP contribution in [0.3, 0.4) is 0 Å². The van der Waals surface area contributed by atoms with Gasteiger partial charge in [-0.3, -0.25) is 0 Å². The van der Waals surface area contributed by atoms with Crippen LogP contribution in [0.1, 0.15) is 19.3 Å². The van der Waals surface area contributed by atoms with Crippen LogP contribution < -0.4 is 5.32 Å². The van der Waals surface area contributed by atoms with Crippen molar-refractivity contribution < 1.29 is 5.11 Å². The van der Waals surface area contributed by atoms with Gasteiger partial charge in [0.05, 0.1) is 6.10 Å². The van der Waals surface area contributed by atoms with Gasteiger partial charge in [-0.15, -0.1) is 0 Å². The second kappa shape index (κ2) is 4.80. The van der Waals surface area contributed by atoms with Gasteiger partial charge in [-0.05, 0) is 33.4 Å². The molecule has 0 amide bonds. The van der Waals surface area contributed by atoms with Gasteiger partial charge in [-0.1, -0.05) is 0 Å². The van der Waals surface area contributed by atoms with E-state index in [2.05, 4.69) is 24.3 Å². The summed E-state index contributed by atoms with van der Waals surface area (Å²) in [6, 6.07) is 0.352. The summed E-state index contributed by atoms with van der Waals surface area (Å²) in [5.41, 5.74) is 0. The molecule has 1 saturated carbocycles. The molecule has 0 spiro atoms. The highest BCUT2D eigenvalue weighted by atomic mass is 16.3. The van der Waals surface area contributed by atoms with Crippen LogP contribution in [0.2, 0.25) is 0 Å². The maximum atomic E-state index is 9.48. The van der Waals surface area contributed by atoms with Gasteiger partial charge < -0.3 is 15.3 Å². The van der Waals surface area contributed by atoms with Crippen LogP contribution in [0.4, 0.5) is 0 Å². The number of likely N-dealkylation sites (N-methyl/N-ethyl adjacent to an activating group) is 1. The molecule has 0 aromatic carbocycles. The molecule has 1 rings (SSSR count). The van der Waals surface area contributed by atoms with Crippen LogP contribution >= 0.6 is 0 Å². The van der Waals surface area contributed by atoms with Gasteiger partial charge in [0.15, 0.2) is 0 Å².